The van der Waals surface area contributed by atoms with Crippen molar-refractivity contribution in [1.82, 2.24) is 20.1 Å². The van der Waals surface area contributed by atoms with Gasteiger partial charge < -0.3 is 15.2 Å². The summed E-state index contributed by atoms with van der Waals surface area (Å²) in [6, 6.07) is 10.8. The standard InChI is InChI=1S/C17H13N7O3/c1-10-8-13(23-27-10)22-17-15(24(25)26)16(19-9-20-17)21-12-6-2-4-11-5-3-7-18-14(11)12/h2-9H,1H3,(H2,19,20,21,22,23). The van der Waals surface area contributed by atoms with Gasteiger partial charge in [-0.2, -0.15) is 0 Å². The van der Waals surface area contributed by atoms with Crippen LogP contribution in [0.15, 0.2) is 53.4 Å². The molecule has 0 spiro atoms. The fourth-order valence-electron chi connectivity index (χ4n) is 2.61. The fourth-order valence-corrected chi connectivity index (χ4v) is 2.61. The summed E-state index contributed by atoms with van der Waals surface area (Å²) >= 11 is 0. The average Bonchev–Trinajstić information content (AvgIpc) is 3.07. The molecule has 3 heterocycles. The van der Waals surface area contributed by atoms with Crippen LogP contribution in [-0.4, -0.2) is 25.0 Å². The van der Waals surface area contributed by atoms with Crippen LogP contribution >= 0.6 is 0 Å². The van der Waals surface area contributed by atoms with Gasteiger partial charge >= 0.3 is 5.69 Å². The zero-order valence-corrected chi connectivity index (χ0v) is 14.1. The van der Waals surface area contributed by atoms with Crippen LogP contribution in [0.2, 0.25) is 0 Å². The zero-order valence-electron chi connectivity index (χ0n) is 14.1. The molecule has 0 saturated carbocycles. The molecule has 4 aromatic rings. The molecule has 0 unspecified atom stereocenters. The molecule has 0 radical (unpaired) electrons. The normalized spacial score (nSPS) is 10.7. The summed E-state index contributed by atoms with van der Waals surface area (Å²) in [4.78, 5) is 23.5. The van der Waals surface area contributed by atoms with Crippen molar-refractivity contribution >= 4 is 39.7 Å². The molecule has 27 heavy (non-hydrogen) atoms. The largest absolute Gasteiger partial charge is 0.360 e. The molecule has 2 N–H and O–H groups in total. The first-order valence-corrected chi connectivity index (χ1v) is 7.92. The molecular formula is C17H13N7O3. The maximum absolute atomic E-state index is 11.7. The molecule has 134 valence electrons. The maximum Gasteiger partial charge on any atom is 0.353 e. The number of para-hydroxylation sites is 1. The lowest BCUT2D eigenvalue weighted by atomic mass is 10.2. The lowest BCUT2D eigenvalue weighted by Gasteiger charge is -2.10. The zero-order chi connectivity index (χ0) is 18.8. The molecule has 3 aromatic heterocycles. The minimum absolute atomic E-state index is 0.000930. The number of rotatable bonds is 5. The lowest BCUT2D eigenvalue weighted by molar-refractivity contribution is -0.383. The van der Waals surface area contributed by atoms with Crippen molar-refractivity contribution in [3.63, 3.8) is 0 Å². The van der Waals surface area contributed by atoms with E-state index in [0.29, 0.717) is 22.8 Å². The molecule has 0 bridgehead atoms. The molecule has 4 rings (SSSR count). The van der Waals surface area contributed by atoms with Gasteiger partial charge in [-0.15, -0.1) is 0 Å². The van der Waals surface area contributed by atoms with Crippen LogP contribution in [0.3, 0.4) is 0 Å². The number of hydrogen-bond donors (Lipinski definition) is 2. The molecule has 1 aromatic carbocycles. The Morgan fingerprint density at radius 3 is 2.59 bits per heavy atom. The second kappa shape index (κ2) is 6.67. The van der Waals surface area contributed by atoms with Gasteiger partial charge in [-0.25, -0.2) is 9.97 Å². The highest BCUT2D eigenvalue weighted by Gasteiger charge is 2.24. The Bertz CT molecular complexity index is 1140. The van der Waals surface area contributed by atoms with Crippen molar-refractivity contribution in [1.29, 1.82) is 0 Å². The third-order valence-electron chi connectivity index (χ3n) is 3.77. The first-order chi connectivity index (χ1) is 13.1. The van der Waals surface area contributed by atoms with E-state index in [1.165, 1.54) is 6.33 Å². The summed E-state index contributed by atoms with van der Waals surface area (Å²) in [5.41, 5.74) is 0.957. The van der Waals surface area contributed by atoms with E-state index in [0.717, 1.165) is 5.39 Å². The summed E-state index contributed by atoms with van der Waals surface area (Å²) in [6.07, 6.45) is 2.88. The van der Waals surface area contributed by atoms with E-state index in [1.807, 2.05) is 24.3 Å². The van der Waals surface area contributed by atoms with Crippen LogP contribution in [0.25, 0.3) is 10.9 Å². The van der Waals surface area contributed by atoms with Crippen molar-refractivity contribution in [3.05, 3.63) is 64.8 Å². The van der Waals surface area contributed by atoms with Gasteiger partial charge in [-0.05, 0) is 19.1 Å². The van der Waals surface area contributed by atoms with Crippen molar-refractivity contribution in [2.45, 2.75) is 6.92 Å². The van der Waals surface area contributed by atoms with Gasteiger partial charge in [0.05, 0.1) is 16.1 Å². The van der Waals surface area contributed by atoms with Crippen LogP contribution in [-0.2, 0) is 0 Å². The molecular weight excluding hydrogens is 350 g/mol. The Morgan fingerprint density at radius 1 is 1.07 bits per heavy atom. The smallest absolute Gasteiger partial charge is 0.353 e. The number of aryl methyl sites for hydroxylation is 1. The topological polar surface area (TPSA) is 132 Å². The Hall–Kier alpha value is -4.08. The van der Waals surface area contributed by atoms with Gasteiger partial charge in [0.1, 0.15) is 12.1 Å². The summed E-state index contributed by atoms with van der Waals surface area (Å²) in [5, 5.41) is 22.1. The van der Waals surface area contributed by atoms with E-state index in [2.05, 4.69) is 30.7 Å². The molecule has 0 fully saturated rings. The number of benzene rings is 1. The molecule has 0 aliphatic rings. The number of nitrogens with zero attached hydrogens (tertiary/aromatic N) is 5. The third kappa shape index (κ3) is 3.23. The minimum Gasteiger partial charge on any atom is -0.360 e. The van der Waals surface area contributed by atoms with E-state index in [-0.39, 0.29) is 17.3 Å². The highest BCUT2D eigenvalue weighted by molar-refractivity contribution is 5.92. The predicted octanol–water partition coefficient (Wildman–Crippen LogP) is 3.72. The van der Waals surface area contributed by atoms with E-state index in [4.69, 9.17) is 4.52 Å². The molecule has 10 nitrogen and oxygen atoms in total. The number of nitrogens with one attached hydrogen (secondary N) is 2. The minimum atomic E-state index is -0.559. The van der Waals surface area contributed by atoms with Crippen LogP contribution in [0.1, 0.15) is 5.76 Å². The summed E-state index contributed by atoms with van der Waals surface area (Å²) in [5.74, 6) is 0.913. The van der Waals surface area contributed by atoms with Gasteiger partial charge in [0.25, 0.3) is 0 Å². The first kappa shape index (κ1) is 16.4. The predicted molar refractivity (Wildman–Crippen MR) is 98.2 cm³/mol. The summed E-state index contributed by atoms with van der Waals surface area (Å²) < 4.78 is 4.96. The van der Waals surface area contributed by atoms with Gasteiger partial charge in [0.2, 0.25) is 11.6 Å². The monoisotopic (exact) mass is 363 g/mol. The van der Waals surface area contributed by atoms with Crippen LogP contribution < -0.4 is 10.6 Å². The Kier molecular flexibility index (Phi) is 4.05. The first-order valence-electron chi connectivity index (χ1n) is 7.92. The number of anilines is 4. The van der Waals surface area contributed by atoms with Gasteiger partial charge in [0.15, 0.2) is 5.82 Å². The third-order valence-corrected chi connectivity index (χ3v) is 3.77. The van der Waals surface area contributed by atoms with Crippen LogP contribution in [0.5, 0.6) is 0 Å². The average molecular weight is 363 g/mol. The Balaban J connectivity index is 1.76. The quantitative estimate of drug-likeness (QED) is 0.402. The molecule has 0 saturated heterocycles. The number of nitro groups is 1. The molecule has 0 aliphatic heterocycles. The highest BCUT2D eigenvalue weighted by Crippen LogP contribution is 2.34. The van der Waals surface area contributed by atoms with E-state index in [9.17, 15) is 10.1 Å². The Labute approximate surface area is 152 Å². The summed E-state index contributed by atoms with van der Waals surface area (Å²) in [7, 11) is 0. The molecule has 0 amide bonds. The van der Waals surface area contributed by atoms with E-state index < -0.39 is 4.92 Å². The number of aromatic nitrogens is 4. The van der Waals surface area contributed by atoms with E-state index >= 15 is 0 Å². The SMILES string of the molecule is Cc1cc(Nc2ncnc(Nc3cccc4cccnc34)c2[N+](=O)[O-])no1. The summed E-state index contributed by atoms with van der Waals surface area (Å²) in [6.45, 7) is 1.72. The second-order valence-corrected chi connectivity index (χ2v) is 5.63. The lowest BCUT2D eigenvalue weighted by Crippen LogP contribution is -2.06. The van der Waals surface area contributed by atoms with Crippen LogP contribution in [0, 0.1) is 17.0 Å². The van der Waals surface area contributed by atoms with Gasteiger partial charge in [0, 0.05) is 17.6 Å². The number of fused-ring (bicyclic) bond motifs is 1. The highest BCUT2D eigenvalue weighted by atomic mass is 16.6. The Morgan fingerprint density at radius 2 is 1.85 bits per heavy atom. The maximum atomic E-state index is 11.7. The van der Waals surface area contributed by atoms with Crippen molar-refractivity contribution in [3.8, 4) is 0 Å². The van der Waals surface area contributed by atoms with Crippen molar-refractivity contribution in [2.75, 3.05) is 10.6 Å². The van der Waals surface area contributed by atoms with Crippen molar-refractivity contribution in [2.24, 2.45) is 0 Å². The van der Waals surface area contributed by atoms with Gasteiger partial charge in [-0.1, -0.05) is 23.4 Å². The molecule has 0 atom stereocenters. The second-order valence-electron chi connectivity index (χ2n) is 5.63. The van der Waals surface area contributed by atoms with Crippen molar-refractivity contribution < 1.29 is 9.45 Å². The van der Waals surface area contributed by atoms with E-state index in [1.54, 1.807) is 25.3 Å². The fraction of sp³-hybridized carbons (Fsp3) is 0.0588. The van der Waals surface area contributed by atoms with Crippen LogP contribution in [0.4, 0.5) is 28.8 Å². The molecule has 0 aliphatic carbocycles. The van der Waals surface area contributed by atoms with Gasteiger partial charge in [-0.3, -0.25) is 15.1 Å². The number of hydrogen-bond acceptors (Lipinski definition) is 9. The number of pyridine rings is 1. The molecule has 10 heteroatoms.